The van der Waals surface area contributed by atoms with E-state index in [1.165, 1.54) is 5.56 Å². The van der Waals surface area contributed by atoms with Gasteiger partial charge in [0.05, 0.1) is 23.5 Å². The maximum atomic E-state index is 6.38. The monoisotopic (exact) mass is 371 g/mol. The molecule has 1 unspecified atom stereocenters. The number of benzene rings is 2. The van der Waals surface area contributed by atoms with Crippen molar-refractivity contribution in [3.8, 4) is 5.75 Å². The van der Waals surface area contributed by atoms with Gasteiger partial charge in [-0.25, -0.2) is 4.98 Å². The molecular formula is C21H26ClN3O. The lowest BCUT2D eigenvalue weighted by atomic mass is 10.2. The highest BCUT2D eigenvalue weighted by atomic mass is 35.5. The van der Waals surface area contributed by atoms with Crippen molar-refractivity contribution in [2.24, 2.45) is 0 Å². The van der Waals surface area contributed by atoms with Crippen molar-refractivity contribution in [1.82, 2.24) is 14.5 Å². The third kappa shape index (κ3) is 4.37. The lowest BCUT2D eigenvalue weighted by Crippen LogP contribution is -2.20. The standard InChI is InChI=1S/C21H26ClN3O/c1-16(22)21-23-19-14-18(26-3)10-11-20(19)25(21)13-7-12-24(2)15-17-8-5-4-6-9-17/h4-6,8-11,14,16H,7,12-13,15H2,1-3H3. The lowest BCUT2D eigenvalue weighted by molar-refractivity contribution is 0.314. The number of methoxy groups -OCH3 is 1. The predicted molar refractivity (Wildman–Crippen MR) is 108 cm³/mol. The van der Waals surface area contributed by atoms with E-state index < -0.39 is 0 Å². The number of imidazole rings is 1. The molecule has 0 aliphatic rings. The first-order chi connectivity index (χ1) is 12.6. The Morgan fingerprint density at radius 2 is 1.96 bits per heavy atom. The fourth-order valence-corrected chi connectivity index (χ4v) is 3.43. The summed E-state index contributed by atoms with van der Waals surface area (Å²) in [6.45, 7) is 4.84. The Hall–Kier alpha value is -2.04. The van der Waals surface area contributed by atoms with Crippen molar-refractivity contribution in [2.75, 3.05) is 20.7 Å². The normalized spacial score (nSPS) is 12.7. The van der Waals surface area contributed by atoms with E-state index in [4.69, 9.17) is 21.3 Å². The van der Waals surface area contributed by atoms with Gasteiger partial charge in [0, 0.05) is 19.2 Å². The van der Waals surface area contributed by atoms with Crippen LogP contribution in [0, 0.1) is 0 Å². The zero-order valence-electron chi connectivity index (χ0n) is 15.7. The zero-order chi connectivity index (χ0) is 18.5. The van der Waals surface area contributed by atoms with Gasteiger partial charge in [-0.3, -0.25) is 0 Å². The molecule has 0 N–H and O–H groups in total. The van der Waals surface area contributed by atoms with E-state index in [-0.39, 0.29) is 5.38 Å². The molecule has 1 heterocycles. The topological polar surface area (TPSA) is 30.3 Å². The van der Waals surface area contributed by atoms with Gasteiger partial charge in [-0.2, -0.15) is 0 Å². The summed E-state index contributed by atoms with van der Waals surface area (Å²) in [4.78, 5) is 7.07. The summed E-state index contributed by atoms with van der Waals surface area (Å²) in [5.74, 6) is 1.74. The SMILES string of the molecule is COc1ccc2c(c1)nc(C(C)Cl)n2CCCN(C)Cc1ccccc1. The van der Waals surface area contributed by atoms with Crippen LogP contribution in [0.15, 0.2) is 48.5 Å². The molecule has 4 nitrogen and oxygen atoms in total. The van der Waals surface area contributed by atoms with Gasteiger partial charge in [0.2, 0.25) is 0 Å². The summed E-state index contributed by atoms with van der Waals surface area (Å²) in [6.07, 6.45) is 1.04. The van der Waals surface area contributed by atoms with Crippen LogP contribution in [-0.4, -0.2) is 35.2 Å². The summed E-state index contributed by atoms with van der Waals surface area (Å²) in [6, 6.07) is 16.6. The Kier molecular flexibility index (Phi) is 6.17. The van der Waals surface area contributed by atoms with Crippen molar-refractivity contribution in [2.45, 2.75) is 31.8 Å². The molecule has 0 fully saturated rings. The summed E-state index contributed by atoms with van der Waals surface area (Å²) in [5, 5.41) is -0.129. The van der Waals surface area contributed by atoms with Crippen molar-refractivity contribution in [3.63, 3.8) is 0 Å². The molecule has 2 aromatic carbocycles. The summed E-state index contributed by atoms with van der Waals surface area (Å²) < 4.78 is 7.55. The Labute approximate surface area is 160 Å². The van der Waals surface area contributed by atoms with Crippen molar-refractivity contribution >= 4 is 22.6 Å². The Morgan fingerprint density at radius 3 is 2.65 bits per heavy atom. The highest BCUT2D eigenvalue weighted by Gasteiger charge is 2.15. The van der Waals surface area contributed by atoms with E-state index in [0.29, 0.717) is 0 Å². The molecule has 0 saturated carbocycles. The molecule has 26 heavy (non-hydrogen) atoms. The maximum absolute atomic E-state index is 6.38. The number of ether oxygens (including phenoxy) is 1. The minimum atomic E-state index is -0.129. The maximum Gasteiger partial charge on any atom is 0.127 e. The van der Waals surface area contributed by atoms with Crippen LogP contribution < -0.4 is 4.74 Å². The minimum absolute atomic E-state index is 0.129. The number of aromatic nitrogens is 2. The van der Waals surface area contributed by atoms with Crippen LogP contribution in [0.4, 0.5) is 0 Å². The highest BCUT2D eigenvalue weighted by molar-refractivity contribution is 6.20. The van der Waals surface area contributed by atoms with Crippen LogP contribution in [0.25, 0.3) is 11.0 Å². The third-order valence-corrected chi connectivity index (χ3v) is 4.75. The second-order valence-electron chi connectivity index (χ2n) is 6.67. The molecule has 3 aromatic rings. The lowest BCUT2D eigenvalue weighted by Gasteiger charge is -2.18. The molecule has 0 aliphatic heterocycles. The van der Waals surface area contributed by atoms with Gasteiger partial charge >= 0.3 is 0 Å². The second kappa shape index (κ2) is 8.56. The Balaban J connectivity index is 1.68. The molecule has 1 atom stereocenters. The molecule has 0 spiro atoms. The van der Waals surface area contributed by atoms with Gasteiger partial charge in [0.1, 0.15) is 11.6 Å². The first kappa shape index (κ1) is 18.7. The summed E-state index contributed by atoms with van der Waals surface area (Å²) in [7, 11) is 3.83. The number of hydrogen-bond donors (Lipinski definition) is 0. The van der Waals surface area contributed by atoms with Gasteiger partial charge in [0.15, 0.2) is 0 Å². The number of hydrogen-bond acceptors (Lipinski definition) is 3. The van der Waals surface area contributed by atoms with E-state index >= 15 is 0 Å². The molecule has 138 valence electrons. The Morgan fingerprint density at radius 1 is 1.19 bits per heavy atom. The van der Waals surface area contributed by atoms with Crippen LogP contribution >= 0.6 is 11.6 Å². The van der Waals surface area contributed by atoms with Crippen molar-refractivity contribution in [3.05, 3.63) is 59.9 Å². The second-order valence-corrected chi connectivity index (χ2v) is 7.32. The van der Waals surface area contributed by atoms with Crippen LogP contribution in [0.3, 0.4) is 0 Å². The number of aryl methyl sites for hydroxylation is 1. The van der Waals surface area contributed by atoms with E-state index in [9.17, 15) is 0 Å². The number of fused-ring (bicyclic) bond motifs is 1. The molecule has 0 aliphatic carbocycles. The number of nitrogens with zero attached hydrogens (tertiary/aromatic N) is 3. The van der Waals surface area contributed by atoms with Crippen molar-refractivity contribution in [1.29, 1.82) is 0 Å². The van der Waals surface area contributed by atoms with Crippen LogP contribution in [0.5, 0.6) is 5.75 Å². The average Bonchev–Trinajstić information content (AvgIpc) is 3.00. The fraction of sp³-hybridized carbons (Fsp3) is 0.381. The first-order valence-electron chi connectivity index (χ1n) is 8.99. The number of rotatable bonds is 8. The van der Waals surface area contributed by atoms with Gasteiger partial charge < -0.3 is 14.2 Å². The molecule has 0 saturated heterocycles. The fourth-order valence-electron chi connectivity index (χ4n) is 3.27. The van der Waals surface area contributed by atoms with Crippen LogP contribution in [0.2, 0.25) is 0 Å². The van der Waals surface area contributed by atoms with Crippen LogP contribution in [-0.2, 0) is 13.1 Å². The van der Waals surface area contributed by atoms with E-state index in [2.05, 4.69) is 52.9 Å². The number of halogens is 1. The quantitative estimate of drug-likeness (QED) is 0.529. The van der Waals surface area contributed by atoms with Gasteiger partial charge in [0.25, 0.3) is 0 Å². The molecule has 0 amide bonds. The van der Waals surface area contributed by atoms with E-state index in [1.807, 2.05) is 19.1 Å². The van der Waals surface area contributed by atoms with E-state index in [0.717, 1.165) is 48.7 Å². The van der Waals surface area contributed by atoms with Gasteiger partial charge in [-0.1, -0.05) is 30.3 Å². The largest absolute Gasteiger partial charge is 0.497 e. The van der Waals surface area contributed by atoms with Crippen LogP contribution in [0.1, 0.15) is 30.1 Å². The minimum Gasteiger partial charge on any atom is -0.497 e. The Bertz CT molecular complexity index is 845. The number of alkyl halides is 1. The predicted octanol–water partition coefficient (Wildman–Crippen LogP) is 4.87. The summed E-state index contributed by atoms with van der Waals surface area (Å²) in [5.41, 5.74) is 3.38. The smallest absolute Gasteiger partial charge is 0.127 e. The molecular weight excluding hydrogens is 346 g/mol. The van der Waals surface area contributed by atoms with Crippen molar-refractivity contribution < 1.29 is 4.74 Å². The van der Waals surface area contributed by atoms with Gasteiger partial charge in [-0.15, -0.1) is 11.6 Å². The molecule has 0 bridgehead atoms. The molecule has 3 rings (SSSR count). The molecule has 5 heteroatoms. The van der Waals surface area contributed by atoms with E-state index in [1.54, 1.807) is 7.11 Å². The highest BCUT2D eigenvalue weighted by Crippen LogP contribution is 2.27. The molecule has 0 radical (unpaired) electrons. The average molecular weight is 372 g/mol. The van der Waals surface area contributed by atoms with Gasteiger partial charge in [-0.05, 0) is 44.6 Å². The zero-order valence-corrected chi connectivity index (χ0v) is 16.4. The third-order valence-electron chi connectivity index (χ3n) is 4.56. The summed E-state index contributed by atoms with van der Waals surface area (Å²) >= 11 is 6.38. The first-order valence-corrected chi connectivity index (χ1v) is 9.43. The molecule has 1 aromatic heterocycles.